The molecule has 0 atom stereocenters. The number of carbonyl (C=O) groups excluding carboxylic acids is 1. The highest BCUT2D eigenvalue weighted by molar-refractivity contribution is 7.20. The van der Waals surface area contributed by atoms with Gasteiger partial charge in [-0.25, -0.2) is 0 Å². The van der Waals surface area contributed by atoms with Gasteiger partial charge >= 0.3 is 24.4 Å². The van der Waals surface area contributed by atoms with Gasteiger partial charge in [-0.3, -0.25) is 4.79 Å². The van der Waals surface area contributed by atoms with E-state index in [1.165, 1.54) is 24.3 Å². The van der Waals surface area contributed by atoms with Crippen LogP contribution in [0.25, 0.3) is 111 Å². The predicted molar refractivity (Wildman–Crippen MR) is 343 cm³/mol. The second kappa shape index (κ2) is 23.6. The molecule has 0 unspecified atom stereocenters. The molecule has 0 aliphatic heterocycles. The van der Waals surface area contributed by atoms with E-state index in [9.17, 15) is 4.79 Å². The summed E-state index contributed by atoms with van der Waals surface area (Å²) in [6.45, 7) is 5.83. The van der Waals surface area contributed by atoms with Crippen molar-refractivity contribution in [3.8, 4) is 111 Å². The maximum Gasteiger partial charge on any atom is 0.471 e. The predicted octanol–water partition coefficient (Wildman–Crippen LogP) is 21.2. The number of aryl methyl sites for hydroxylation is 3. The highest BCUT2D eigenvalue weighted by atomic mass is 32.1. The summed E-state index contributed by atoms with van der Waals surface area (Å²) in [6.07, 6.45) is -16.3. The number of carbonyl (C=O) groups is 1. The zero-order valence-corrected chi connectivity index (χ0v) is 49.4. The standard InChI is InChI=1S/C71H54F9N5OS2/c1-38-15-11-19-42(31-38)60-55(35-57(84-5)62(43-20-12-21-45(33-43)83-4)64(60)46-22-10-9-16-40(46)3)47-28-27-39(2)32-54(47)49-29-30-50(66(85-68(86)71(78,79)80)61(49)41-17-7-6-8-18-41)48-23-14-26-56(69(72,73)74)63(48)51-24-13-25-52(65(51)70(75,76)77)67-53(36-59(82)88-67)44-34-58(81)87-37-44/h6-37,83-84H,81-82H2,1-5H3,(H,85,86). The Morgan fingerprint density at radius 2 is 1.05 bits per heavy atom. The molecule has 0 aliphatic carbocycles. The molecule has 1 amide bonds. The molecule has 6 nitrogen and oxygen atoms in total. The summed E-state index contributed by atoms with van der Waals surface area (Å²) in [5.41, 5.74) is 17.1. The van der Waals surface area contributed by atoms with Crippen molar-refractivity contribution in [2.45, 2.75) is 39.3 Å². The Labute approximate surface area is 510 Å². The summed E-state index contributed by atoms with van der Waals surface area (Å²) in [4.78, 5) is 13.8. The molecule has 0 radical (unpaired) electrons. The molecule has 2 heterocycles. The Morgan fingerprint density at radius 1 is 0.432 bits per heavy atom. The van der Waals surface area contributed by atoms with Crippen molar-refractivity contribution in [3.05, 3.63) is 221 Å². The lowest BCUT2D eigenvalue weighted by atomic mass is 9.78. The highest BCUT2D eigenvalue weighted by Crippen LogP contribution is 2.57. The van der Waals surface area contributed by atoms with Crippen LogP contribution in [0.2, 0.25) is 0 Å². The number of halogens is 9. The first-order valence-electron chi connectivity index (χ1n) is 27.6. The Bertz CT molecular complexity index is 4500. The molecule has 2 aromatic heterocycles. The van der Waals surface area contributed by atoms with Crippen molar-refractivity contribution in [2.75, 3.05) is 41.5 Å². The van der Waals surface area contributed by atoms with Crippen molar-refractivity contribution in [3.63, 3.8) is 0 Å². The van der Waals surface area contributed by atoms with Crippen LogP contribution in [0.5, 0.6) is 0 Å². The second-order valence-corrected chi connectivity index (χ2v) is 23.2. The molecule has 9 aromatic carbocycles. The lowest BCUT2D eigenvalue weighted by Gasteiger charge is -2.27. The molecule has 17 heteroatoms. The van der Waals surface area contributed by atoms with Gasteiger partial charge in [-0.05, 0) is 129 Å². The van der Waals surface area contributed by atoms with Gasteiger partial charge in [0.2, 0.25) is 0 Å². The maximum atomic E-state index is 16.3. The second-order valence-electron chi connectivity index (χ2n) is 21.2. The molecule has 88 heavy (non-hydrogen) atoms. The number of amides is 1. The van der Waals surface area contributed by atoms with Gasteiger partial charge < -0.3 is 27.4 Å². The molecule has 0 saturated heterocycles. The van der Waals surface area contributed by atoms with Crippen molar-refractivity contribution in [2.24, 2.45) is 0 Å². The van der Waals surface area contributed by atoms with E-state index in [4.69, 9.17) is 11.5 Å². The van der Waals surface area contributed by atoms with Crippen LogP contribution in [0, 0.1) is 20.8 Å². The van der Waals surface area contributed by atoms with E-state index in [1.807, 2.05) is 120 Å². The van der Waals surface area contributed by atoms with Crippen molar-refractivity contribution in [1.29, 1.82) is 0 Å². The average molecular weight is 1230 g/mol. The Balaban J connectivity index is 1.27. The van der Waals surface area contributed by atoms with Crippen LogP contribution in [0.4, 0.5) is 66.6 Å². The van der Waals surface area contributed by atoms with E-state index in [0.29, 0.717) is 44.6 Å². The zero-order valence-electron chi connectivity index (χ0n) is 47.8. The summed E-state index contributed by atoms with van der Waals surface area (Å²) in [7, 11) is 3.64. The van der Waals surface area contributed by atoms with Crippen molar-refractivity contribution in [1.82, 2.24) is 0 Å². The molecule has 0 saturated carbocycles. The molecule has 11 aromatic rings. The van der Waals surface area contributed by atoms with Gasteiger partial charge in [-0.2, -0.15) is 39.5 Å². The van der Waals surface area contributed by atoms with Gasteiger partial charge in [-0.1, -0.05) is 163 Å². The number of hydrogen-bond acceptors (Lipinski definition) is 7. The maximum absolute atomic E-state index is 16.3. The van der Waals surface area contributed by atoms with Crippen LogP contribution >= 0.6 is 22.7 Å². The summed E-state index contributed by atoms with van der Waals surface area (Å²) >= 11 is 1.91. The summed E-state index contributed by atoms with van der Waals surface area (Å²) < 4.78 is 142. The van der Waals surface area contributed by atoms with Gasteiger partial charge in [0.25, 0.3) is 0 Å². The highest BCUT2D eigenvalue weighted by Gasteiger charge is 2.44. The SMILES string of the molecule is CNc1cccc(-c2c(NC)cc(-c3ccc(C)cc3-c3ccc(-c4cccc(C(F)(F)F)c4-c4cccc(-c5sc(N)cc5-c5csc(N)c5)c4C(F)(F)F)c(NC(=O)C(F)(F)F)c3-c3ccccc3)c(-c3cccc(C)c3)c2-c2ccccc2C)c1. The normalized spacial score (nSPS) is 11.9. The molecular formula is C71H54F9N5OS2. The minimum absolute atomic E-state index is 0.0191. The van der Waals surface area contributed by atoms with Crippen molar-refractivity contribution < 1.29 is 44.3 Å². The number of benzene rings is 9. The first-order chi connectivity index (χ1) is 41.9. The lowest BCUT2D eigenvalue weighted by Crippen LogP contribution is -2.30. The van der Waals surface area contributed by atoms with Crippen LogP contribution in [0.1, 0.15) is 27.8 Å². The fraction of sp³-hybridized carbons (Fsp3) is 0.113. The number of nitrogen functional groups attached to an aromatic ring is 2. The summed E-state index contributed by atoms with van der Waals surface area (Å²) in [6, 6.07) is 51.3. The molecular weight excluding hydrogens is 1170 g/mol. The van der Waals surface area contributed by atoms with E-state index in [0.717, 1.165) is 97.1 Å². The Kier molecular flexibility index (Phi) is 16.1. The lowest BCUT2D eigenvalue weighted by molar-refractivity contribution is -0.167. The third-order valence-corrected chi connectivity index (χ3v) is 17.2. The van der Waals surface area contributed by atoms with E-state index in [2.05, 4.69) is 28.1 Å². The van der Waals surface area contributed by atoms with Crippen molar-refractivity contribution >= 4 is 55.6 Å². The van der Waals surface area contributed by atoms with Crippen LogP contribution in [-0.2, 0) is 17.1 Å². The van der Waals surface area contributed by atoms with Gasteiger partial charge in [0.05, 0.1) is 26.8 Å². The van der Waals surface area contributed by atoms with E-state index in [1.54, 1.807) is 41.8 Å². The first kappa shape index (κ1) is 60.1. The zero-order chi connectivity index (χ0) is 62.6. The third-order valence-electron chi connectivity index (χ3n) is 15.5. The van der Waals surface area contributed by atoms with Crippen LogP contribution in [0.15, 0.2) is 193 Å². The quantitative estimate of drug-likeness (QED) is 0.0740. The fourth-order valence-electron chi connectivity index (χ4n) is 11.7. The van der Waals surface area contributed by atoms with Crippen LogP contribution in [0.3, 0.4) is 0 Å². The molecule has 0 spiro atoms. The summed E-state index contributed by atoms with van der Waals surface area (Å²) in [5, 5.41) is 10.9. The molecule has 0 aliphatic rings. The molecule has 444 valence electrons. The average Bonchev–Trinajstić information content (AvgIpc) is 2.30. The molecule has 7 N–H and O–H groups in total. The van der Waals surface area contributed by atoms with E-state index >= 15 is 39.5 Å². The Morgan fingerprint density at radius 3 is 1.72 bits per heavy atom. The minimum Gasteiger partial charge on any atom is -0.391 e. The number of thiophene rings is 2. The molecule has 11 rings (SSSR count). The summed E-state index contributed by atoms with van der Waals surface area (Å²) in [5.74, 6) is -2.49. The topological polar surface area (TPSA) is 105 Å². The Hall–Kier alpha value is -9.58. The van der Waals surface area contributed by atoms with E-state index < -0.39 is 69.1 Å². The minimum atomic E-state index is -5.58. The van der Waals surface area contributed by atoms with Gasteiger partial charge in [0.1, 0.15) is 0 Å². The number of alkyl halides is 9. The van der Waals surface area contributed by atoms with Crippen LogP contribution < -0.4 is 27.4 Å². The molecule has 0 bridgehead atoms. The third kappa shape index (κ3) is 11.5. The van der Waals surface area contributed by atoms with Crippen LogP contribution in [-0.4, -0.2) is 26.2 Å². The monoisotopic (exact) mass is 1230 g/mol. The van der Waals surface area contributed by atoms with Gasteiger partial charge in [0.15, 0.2) is 0 Å². The number of nitrogens with one attached hydrogen (secondary N) is 3. The van der Waals surface area contributed by atoms with Gasteiger partial charge in [0, 0.05) is 74.7 Å². The first-order valence-corrected chi connectivity index (χ1v) is 29.3. The number of rotatable bonds is 13. The fourth-order valence-corrected chi connectivity index (χ4v) is 13.3. The van der Waals surface area contributed by atoms with E-state index in [-0.39, 0.29) is 32.1 Å². The smallest absolute Gasteiger partial charge is 0.391 e. The molecule has 0 fully saturated rings. The van der Waals surface area contributed by atoms with Gasteiger partial charge in [-0.15, -0.1) is 22.7 Å². The number of anilines is 5. The number of nitrogens with two attached hydrogens (primary N) is 2. The number of hydrogen-bond donors (Lipinski definition) is 5. The largest absolute Gasteiger partial charge is 0.471 e.